The van der Waals surface area contributed by atoms with Crippen molar-refractivity contribution in [2.75, 3.05) is 32.8 Å². The predicted molar refractivity (Wildman–Crippen MR) is 91.3 cm³/mol. The summed E-state index contributed by atoms with van der Waals surface area (Å²) in [6, 6.07) is 9.73. The second kappa shape index (κ2) is 8.21. The smallest absolute Gasteiger partial charge is 0.282 e. The maximum atomic E-state index is 13.0. The summed E-state index contributed by atoms with van der Waals surface area (Å²) in [4.78, 5) is 0. The normalized spacial score (nSPS) is 23.3. The Hall–Kier alpha value is -0.990. The molecule has 7 heteroatoms. The number of hydrogen-bond donors (Lipinski definition) is 1. The van der Waals surface area contributed by atoms with E-state index in [2.05, 4.69) is 0 Å². The Morgan fingerprint density at radius 1 is 1.26 bits per heavy atom. The molecule has 2 N–H and O–H groups in total. The fourth-order valence-electron chi connectivity index (χ4n) is 2.73. The SMILES string of the molecule is CC1CN(S(=O)(=O)N(CCN)CCc2ccccc2)C(C)CO1. The molecule has 1 aliphatic heterocycles. The van der Waals surface area contributed by atoms with E-state index in [4.69, 9.17) is 10.5 Å². The van der Waals surface area contributed by atoms with Crippen LogP contribution in [0, 0.1) is 0 Å². The first kappa shape index (κ1) is 18.4. The van der Waals surface area contributed by atoms with Gasteiger partial charge in [0.1, 0.15) is 0 Å². The lowest BCUT2D eigenvalue weighted by atomic mass is 10.1. The summed E-state index contributed by atoms with van der Waals surface area (Å²) in [6.07, 6.45) is 0.587. The van der Waals surface area contributed by atoms with Crippen LogP contribution in [0.3, 0.4) is 0 Å². The van der Waals surface area contributed by atoms with Crippen LogP contribution in [0.2, 0.25) is 0 Å². The van der Waals surface area contributed by atoms with Crippen molar-refractivity contribution in [2.24, 2.45) is 5.73 Å². The van der Waals surface area contributed by atoms with Crippen molar-refractivity contribution in [3.63, 3.8) is 0 Å². The van der Waals surface area contributed by atoms with Crippen molar-refractivity contribution in [1.82, 2.24) is 8.61 Å². The quantitative estimate of drug-likeness (QED) is 0.797. The van der Waals surface area contributed by atoms with Gasteiger partial charge >= 0.3 is 0 Å². The van der Waals surface area contributed by atoms with Crippen LogP contribution in [0.4, 0.5) is 0 Å². The molecule has 0 spiro atoms. The van der Waals surface area contributed by atoms with E-state index < -0.39 is 10.2 Å². The summed E-state index contributed by atoms with van der Waals surface area (Å²) in [7, 11) is -3.53. The van der Waals surface area contributed by atoms with E-state index in [9.17, 15) is 8.42 Å². The number of nitrogens with zero attached hydrogens (tertiary/aromatic N) is 2. The first-order valence-electron chi connectivity index (χ1n) is 8.07. The zero-order valence-electron chi connectivity index (χ0n) is 13.9. The maximum absolute atomic E-state index is 13.0. The Morgan fingerprint density at radius 2 is 1.96 bits per heavy atom. The fourth-order valence-corrected chi connectivity index (χ4v) is 4.60. The van der Waals surface area contributed by atoms with Gasteiger partial charge in [0, 0.05) is 32.2 Å². The molecule has 1 aromatic carbocycles. The van der Waals surface area contributed by atoms with Crippen molar-refractivity contribution < 1.29 is 13.2 Å². The number of morpholine rings is 1. The van der Waals surface area contributed by atoms with Gasteiger partial charge in [-0.05, 0) is 25.8 Å². The van der Waals surface area contributed by atoms with E-state index in [0.717, 1.165) is 5.56 Å². The molecule has 23 heavy (non-hydrogen) atoms. The molecule has 2 rings (SSSR count). The molecule has 2 unspecified atom stereocenters. The number of ether oxygens (including phenoxy) is 1. The van der Waals surface area contributed by atoms with E-state index in [0.29, 0.717) is 39.2 Å². The van der Waals surface area contributed by atoms with Crippen molar-refractivity contribution in [3.8, 4) is 0 Å². The Morgan fingerprint density at radius 3 is 2.61 bits per heavy atom. The van der Waals surface area contributed by atoms with Gasteiger partial charge in [-0.3, -0.25) is 0 Å². The second-order valence-corrected chi connectivity index (χ2v) is 7.87. The van der Waals surface area contributed by atoms with Crippen molar-refractivity contribution in [3.05, 3.63) is 35.9 Å². The van der Waals surface area contributed by atoms with Gasteiger partial charge in [0.05, 0.1) is 12.7 Å². The summed E-state index contributed by atoms with van der Waals surface area (Å²) in [6.45, 7) is 5.65. The van der Waals surface area contributed by atoms with E-state index in [1.54, 1.807) is 4.31 Å². The largest absolute Gasteiger partial charge is 0.375 e. The first-order valence-corrected chi connectivity index (χ1v) is 9.47. The molecule has 1 saturated heterocycles. The molecule has 1 heterocycles. The average Bonchev–Trinajstić information content (AvgIpc) is 2.54. The Bertz CT molecular complexity index is 579. The third kappa shape index (κ3) is 4.74. The first-order chi connectivity index (χ1) is 10.9. The molecular weight excluding hydrogens is 314 g/mol. The third-order valence-electron chi connectivity index (χ3n) is 4.04. The highest BCUT2D eigenvalue weighted by molar-refractivity contribution is 7.86. The van der Waals surface area contributed by atoms with Crippen molar-refractivity contribution in [2.45, 2.75) is 32.4 Å². The van der Waals surface area contributed by atoms with E-state index in [-0.39, 0.29) is 12.1 Å². The molecule has 0 aliphatic carbocycles. The van der Waals surface area contributed by atoms with Gasteiger partial charge in [-0.1, -0.05) is 30.3 Å². The minimum absolute atomic E-state index is 0.0881. The van der Waals surface area contributed by atoms with Gasteiger partial charge in [-0.15, -0.1) is 0 Å². The lowest BCUT2D eigenvalue weighted by Gasteiger charge is -2.38. The molecular formula is C16H27N3O3S. The van der Waals surface area contributed by atoms with Crippen LogP contribution in [-0.4, -0.2) is 62.0 Å². The Labute approximate surface area is 139 Å². The zero-order chi connectivity index (χ0) is 16.9. The van der Waals surface area contributed by atoms with Gasteiger partial charge < -0.3 is 10.5 Å². The molecule has 0 saturated carbocycles. The standard InChI is InChI=1S/C16H27N3O3S/c1-14-13-22-15(2)12-19(14)23(20,21)18(11-9-17)10-8-16-6-4-3-5-7-16/h3-7,14-15H,8-13,17H2,1-2H3. The lowest BCUT2D eigenvalue weighted by molar-refractivity contribution is -0.0190. The molecule has 2 atom stereocenters. The minimum Gasteiger partial charge on any atom is -0.375 e. The highest BCUT2D eigenvalue weighted by atomic mass is 32.2. The average molecular weight is 341 g/mol. The van der Waals surface area contributed by atoms with Crippen LogP contribution in [0.25, 0.3) is 0 Å². The molecule has 0 radical (unpaired) electrons. The van der Waals surface area contributed by atoms with Gasteiger partial charge in [-0.25, -0.2) is 0 Å². The summed E-state index contributed by atoms with van der Waals surface area (Å²) in [5.74, 6) is 0. The lowest BCUT2D eigenvalue weighted by Crippen LogP contribution is -2.55. The van der Waals surface area contributed by atoms with Crippen LogP contribution in [-0.2, 0) is 21.4 Å². The molecule has 6 nitrogen and oxygen atoms in total. The molecule has 0 amide bonds. The van der Waals surface area contributed by atoms with Gasteiger partial charge in [0.15, 0.2) is 0 Å². The topological polar surface area (TPSA) is 75.9 Å². The number of hydrogen-bond acceptors (Lipinski definition) is 4. The zero-order valence-corrected chi connectivity index (χ0v) is 14.7. The second-order valence-electron chi connectivity index (χ2n) is 5.99. The van der Waals surface area contributed by atoms with Crippen LogP contribution in [0.1, 0.15) is 19.4 Å². The highest BCUT2D eigenvalue weighted by Gasteiger charge is 2.36. The molecule has 1 fully saturated rings. The van der Waals surface area contributed by atoms with E-state index in [1.807, 2.05) is 44.2 Å². The monoisotopic (exact) mass is 341 g/mol. The molecule has 1 aliphatic rings. The Balaban J connectivity index is 2.11. The van der Waals surface area contributed by atoms with Crippen LogP contribution in [0.15, 0.2) is 30.3 Å². The summed E-state index contributed by atoms with van der Waals surface area (Å²) < 4.78 is 34.6. The number of rotatable bonds is 7. The van der Waals surface area contributed by atoms with Crippen LogP contribution >= 0.6 is 0 Å². The van der Waals surface area contributed by atoms with Gasteiger partial charge in [0.2, 0.25) is 0 Å². The van der Waals surface area contributed by atoms with E-state index >= 15 is 0 Å². The summed E-state index contributed by atoms with van der Waals surface area (Å²) in [5.41, 5.74) is 6.76. The van der Waals surface area contributed by atoms with Gasteiger partial charge in [-0.2, -0.15) is 17.0 Å². The molecule has 1 aromatic rings. The minimum atomic E-state index is -3.53. The summed E-state index contributed by atoms with van der Waals surface area (Å²) >= 11 is 0. The predicted octanol–water partition coefficient (Wildman–Crippen LogP) is 0.844. The number of nitrogens with two attached hydrogens (primary N) is 1. The van der Waals surface area contributed by atoms with Crippen molar-refractivity contribution >= 4 is 10.2 Å². The van der Waals surface area contributed by atoms with Crippen LogP contribution in [0.5, 0.6) is 0 Å². The van der Waals surface area contributed by atoms with E-state index in [1.165, 1.54) is 4.31 Å². The molecule has 0 bridgehead atoms. The van der Waals surface area contributed by atoms with Crippen molar-refractivity contribution in [1.29, 1.82) is 0 Å². The third-order valence-corrected chi connectivity index (χ3v) is 6.16. The maximum Gasteiger partial charge on any atom is 0.282 e. The molecule has 0 aromatic heterocycles. The molecule has 130 valence electrons. The number of benzene rings is 1. The van der Waals surface area contributed by atoms with Gasteiger partial charge in [0.25, 0.3) is 10.2 Å². The Kier molecular flexibility index (Phi) is 6.55. The highest BCUT2D eigenvalue weighted by Crippen LogP contribution is 2.19. The van der Waals surface area contributed by atoms with Crippen LogP contribution < -0.4 is 5.73 Å². The fraction of sp³-hybridized carbons (Fsp3) is 0.625. The summed E-state index contributed by atoms with van der Waals surface area (Å²) in [5, 5.41) is 0.